The van der Waals surface area contributed by atoms with Crippen LogP contribution in [0.2, 0.25) is 4.34 Å². The number of hydrogen-bond acceptors (Lipinski definition) is 3. The van der Waals surface area contributed by atoms with E-state index in [0.717, 1.165) is 10.3 Å². The highest BCUT2D eigenvalue weighted by Crippen LogP contribution is 2.35. The van der Waals surface area contributed by atoms with Gasteiger partial charge in [-0.2, -0.15) is 11.8 Å². The van der Waals surface area contributed by atoms with E-state index in [1.165, 1.54) is 17.1 Å². The number of nitrogens with two attached hydrogens (primary N) is 1. The quantitative estimate of drug-likeness (QED) is 0.833. The van der Waals surface area contributed by atoms with Crippen LogP contribution in [0.15, 0.2) is 12.1 Å². The first-order valence-corrected chi connectivity index (χ1v) is 7.44. The van der Waals surface area contributed by atoms with Crippen LogP contribution in [0.5, 0.6) is 0 Å². The third-order valence-corrected chi connectivity index (χ3v) is 4.95. The van der Waals surface area contributed by atoms with Crippen LogP contribution >= 0.6 is 34.7 Å². The summed E-state index contributed by atoms with van der Waals surface area (Å²) >= 11 is 9.50. The highest BCUT2D eigenvalue weighted by atomic mass is 35.5. The third kappa shape index (κ3) is 4.77. The van der Waals surface area contributed by atoms with E-state index in [-0.39, 0.29) is 0 Å². The summed E-state index contributed by atoms with van der Waals surface area (Å²) in [7, 11) is 0. The van der Waals surface area contributed by atoms with Crippen LogP contribution in [0.3, 0.4) is 0 Å². The summed E-state index contributed by atoms with van der Waals surface area (Å²) in [4.78, 5) is 1.30. The highest BCUT2D eigenvalue weighted by molar-refractivity contribution is 7.99. The third-order valence-electron chi connectivity index (χ3n) is 2.14. The van der Waals surface area contributed by atoms with E-state index in [4.69, 9.17) is 17.3 Å². The van der Waals surface area contributed by atoms with Crippen LogP contribution < -0.4 is 5.73 Å². The lowest BCUT2D eigenvalue weighted by atomic mass is 10.2. The van der Waals surface area contributed by atoms with Crippen molar-refractivity contribution in [1.29, 1.82) is 0 Å². The summed E-state index contributed by atoms with van der Waals surface area (Å²) < 4.78 is 0.855. The van der Waals surface area contributed by atoms with Crippen LogP contribution in [0.4, 0.5) is 0 Å². The van der Waals surface area contributed by atoms with E-state index in [1.54, 1.807) is 11.3 Å². The molecular weight excluding hydrogens is 246 g/mol. The average Bonchev–Trinajstić information content (AvgIpc) is 2.59. The molecule has 15 heavy (non-hydrogen) atoms. The Bertz CT molecular complexity index is 286. The summed E-state index contributed by atoms with van der Waals surface area (Å²) in [5.74, 6) is 1.94. The predicted molar refractivity (Wildman–Crippen MR) is 73.0 cm³/mol. The van der Waals surface area contributed by atoms with Gasteiger partial charge in [0.05, 0.1) is 9.59 Å². The second-order valence-electron chi connectivity index (χ2n) is 3.92. The molecule has 0 amide bonds. The van der Waals surface area contributed by atoms with Crippen molar-refractivity contribution in [3.05, 3.63) is 21.3 Å². The van der Waals surface area contributed by atoms with Crippen molar-refractivity contribution in [1.82, 2.24) is 0 Å². The first-order chi connectivity index (χ1) is 7.13. The van der Waals surface area contributed by atoms with Gasteiger partial charge < -0.3 is 5.73 Å². The lowest BCUT2D eigenvalue weighted by Crippen LogP contribution is -2.09. The molecule has 4 heteroatoms. The monoisotopic (exact) mass is 263 g/mol. The van der Waals surface area contributed by atoms with E-state index in [1.807, 2.05) is 17.8 Å². The maximum absolute atomic E-state index is 5.91. The molecule has 0 saturated heterocycles. The molecule has 1 aromatic rings. The molecule has 86 valence electrons. The van der Waals surface area contributed by atoms with E-state index < -0.39 is 0 Å². The predicted octanol–water partition coefficient (Wildman–Crippen LogP) is 4.18. The van der Waals surface area contributed by atoms with Gasteiger partial charge in [0.1, 0.15) is 0 Å². The molecule has 1 unspecified atom stereocenters. The lowest BCUT2D eigenvalue weighted by molar-refractivity contribution is 0.631. The molecular formula is C11H18ClNS2. The highest BCUT2D eigenvalue weighted by Gasteiger charge is 2.12. The first kappa shape index (κ1) is 13.4. The van der Waals surface area contributed by atoms with Crippen molar-refractivity contribution in [2.75, 3.05) is 12.3 Å². The summed E-state index contributed by atoms with van der Waals surface area (Å²) in [6, 6.07) is 4.04. The number of rotatable bonds is 6. The van der Waals surface area contributed by atoms with Crippen LogP contribution in [0.25, 0.3) is 0 Å². The van der Waals surface area contributed by atoms with E-state index in [0.29, 0.717) is 11.8 Å². The molecule has 0 spiro atoms. The maximum atomic E-state index is 5.91. The Morgan fingerprint density at radius 3 is 2.67 bits per heavy atom. The molecule has 0 bridgehead atoms. The molecule has 1 rings (SSSR count). The van der Waals surface area contributed by atoms with Gasteiger partial charge in [0.15, 0.2) is 0 Å². The summed E-state index contributed by atoms with van der Waals surface area (Å²) in [6.07, 6.45) is 1.25. The van der Waals surface area contributed by atoms with Crippen molar-refractivity contribution >= 4 is 34.7 Å². The minimum absolute atomic E-state index is 0.418. The Morgan fingerprint density at radius 1 is 1.47 bits per heavy atom. The van der Waals surface area contributed by atoms with E-state index in [9.17, 15) is 0 Å². The molecule has 0 aromatic carbocycles. The fraction of sp³-hybridized carbons (Fsp3) is 0.636. The topological polar surface area (TPSA) is 26.0 Å². The zero-order valence-corrected chi connectivity index (χ0v) is 11.6. The SMILES string of the molecule is CC(C)CCSC(CN)c1ccc(Cl)s1. The fourth-order valence-electron chi connectivity index (χ4n) is 1.21. The summed E-state index contributed by atoms with van der Waals surface area (Å²) in [6.45, 7) is 5.19. The van der Waals surface area contributed by atoms with Crippen LogP contribution in [-0.2, 0) is 0 Å². The van der Waals surface area contributed by atoms with Crippen molar-refractivity contribution in [3.63, 3.8) is 0 Å². The van der Waals surface area contributed by atoms with Crippen molar-refractivity contribution in [2.45, 2.75) is 25.5 Å². The normalized spacial score (nSPS) is 13.4. The number of thioether (sulfide) groups is 1. The van der Waals surface area contributed by atoms with E-state index >= 15 is 0 Å². The molecule has 1 aromatic heterocycles. The van der Waals surface area contributed by atoms with Crippen molar-refractivity contribution in [3.8, 4) is 0 Å². The molecule has 0 aliphatic heterocycles. The molecule has 1 nitrogen and oxygen atoms in total. The zero-order chi connectivity index (χ0) is 11.3. The van der Waals surface area contributed by atoms with Crippen molar-refractivity contribution in [2.24, 2.45) is 11.7 Å². The molecule has 0 aliphatic carbocycles. The maximum Gasteiger partial charge on any atom is 0.0931 e. The Balaban J connectivity index is 2.42. The van der Waals surface area contributed by atoms with Crippen LogP contribution in [0, 0.1) is 5.92 Å². The first-order valence-electron chi connectivity index (χ1n) is 5.20. The van der Waals surface area contributed by atoms with Gasteiger partial charge in [-0.05, 0) is 30.2 Å². The Morgan fingerprint density at radius 2 is 2.20 bits per heavy atom. The molecule has 0 fully saturated rings. The molecule has 2 N–H and O–H groups in total. The molecule has 0 radical (unpaired) electrons. The number of halogens is 1. The smallest absolute Gasteiger partial charge is 0.0931 e. The minimum Gasteiger partial charge on any atom is -0.329 e. The van der Waals surface area contributed by atoms with Gasteiger partial charge >= 0.3 is 0 Å². The van der Waals surface area contributed by atoms with Gasteiger partial charge in [-0.15, -0.1) is 11.3 Å². The Labute approximate surface area is 105 Å². The van der Waals surface area contributed by atoms with Crippen LogP contribution in [0.1, 0.15) is 30.4 Å². The second-order valence-corrected chi connectivity index (χ2v) is 6.98. The standard InChI is InChI=1S/C11H18ClNS2/c1-8(2)5-6-14-10(7-13)9-3-4-11(12)15-9/h3-4,8,10H,5-7,13H2,1-2H3. The van der Waals surface area contributed by atoms with Crippen LogP contribution in [-0.4, -0.2) is 12.3 Å². The van der Waals surface area contributed by atoms with E-state index in [2.05, 4.69) is 19.9 Å². The summed E-state index contributed by atoms with van der Waals surface area (Å²) in [5.41, 5.74) is 5.77. The molecule has 1 heterocycles. The largest absolute Gasteiger partial charge is 0.329 e. The average molecular weight is 264 g/mol. The fourth-order valence-corrected chi connectivity index (χ4v) is 3.89. The van der Waals surface area contributed by atoms with Gasteiger partial charge in [-0.1, -0.05) is 25.4 Å². The zero-order valence-electron chi connectivity index (χ0n) is 9.20. The lowest BCUT2D eigenvalue weighted by Gasteiger charge is -2.13. The van der Waals surface area contributed by atoms with Gasteiger partial charge in [0.25, 0.3) is 0 Å². The van der Waals surface area contributed by atoms with Gasteiger partial charge in [0.2, 0.25) is 0 Å². The Kier molecular flexibility index (Phi) is 6.05. The molecule has 0 aliphatic rings. The second kappa shape index (κ2) is 6.79. The van der Waals surface area contributed by atoms with Gasteiger partial charge in [0, 0.05) is 11.4 Å². The van der Waals surface area contributed by atoms with Crippen molar-refractivity contribution < 1.29 is 0 Å². The number of hydrogen-bond donors (Lipinski definition) is 1. The molecule has 1 atom stereocenters. The summed E-state index contributed by atoms with van der Waals surface area (Å²) in [5, 5.41) is 0.418. The molecule has 0 saturated carbocycles. The van der Waals surface area contributed by atoms with Gasteiger partial charge in [-0.25, -0.2) is 0 Å². The Hall–Kier alpha value is 0.300. The van der Waals surface area contributed by atoms with Gasteiger partial charge in [-0.3, -0.25) is 0 Å². The number of thiophene rings is 1. The minimum atomic E-state index is 0.418.